The first-order valence-corrected chi connectivity index (χ1v) is 9.77. The molecule has 0 spiro atoms. The molecule has 0 radical (unpaired) electrons. The van der Waals surface area contributed by atoms with Gasteiger partial charge in [-0.15, -0.1) is 0 Å². The molecule has 3 rings (SSSR count). The maximum absolute atomic E-state index is 13.6. The normalized spacial score (nSPS) is 11.2. The van der Waals surface area contributed by atoms with Gasteiger partial charge in [-0.25, -0.2) is 17.5 Å². The molecule has 144 valence electrons. The Morgan fingerprint density at radius 2 is 1.75 bits per heavy atom. The number of aromatic nitrogens is 2. The first-order valence-electron chi connectivity index (χ1n) is 7.90. The quantitative estimate of drug-likeness (QED) is 0.682. The van der Waals surface area contributed by atoms with Crippen molar-refractivity contribution in [1.29, 1.82) is 0 Å². The Hall–Kier alpha value is -3.04. The number of benzene rings is 2. The molecular weight excluding hydrogens is 409 g/mol. The summed E-state index contributed by atoms with van der Waals surface area (Å²) in [6.45, 7) is -0.586. The van der Waals surface area contributed by atoms with Gasteiger partial charge in [0.1, 0.15) is 12.4 Å². The van der Waals surface area contributed by atoms with Crippen molar-refractivity contribution >= 4 is 33.0 Å². The Morgan fingerprint density at radius 1 is 1.07 bits per heavy atom. The molecule has 0 atom stereocenters. The van der Waals surface area contributed by atoms with Gasteiger partial charge in [0.2, 0.25) is 15.7 Å². The molecule has 2 aromatic carbocycles. The highest BCUT2D eigenvalue weighted by Gasteiger charge is 2.21. The van der Waals surface area contributed by atoms with E-state index < -0.39 is 38.7 Å². The summed E-state index contributed by atoms with van der Waals surface area (Å²) >= 11 is 5.76. The number of halogens is 2. The van der Waals surface area contributed by atoms with Crippen LogP contribution in [0.4, 0.5) is 10.1 Å². The molecule has 1 aromatic heterocycles. The van der Waals surface area contributed by atoms with E-state index in [1.807, 2.05) is 0 Å². The fraction of sp³-hybridized carbons (Fsp3) is 0.0556. The van der Waals surface area contributed by atoms with Crippen LogP contribution in [-0.4, -0.2) is 24.1 Å². The molecule has 1 N–H and O–H groups in total. The van der Waals surface area contributed by atoms with E-state index in [1.165, 1.54) is 48.5 Å². The Labute approximate surface area is 164 Å². The Kier molecular flexibility index (Phi) is 5.57. The summed E-state index contributed by atoms with van der Waals surface area (Å²) in [6.07, 6.45) is 0. The minimum absolute atomic E-state index is 0.0644. The van der Waals surface area contributed by atoms with Gasteiger partial charge in [-0.3, -0.25) is 9.59 Å². The summed E-state index contributed by atoms with van der Waals surface area (Å²) in [5.41, 5.74) is -0.746. The number of anilines is 1. The smallest absolute Gasteiger partial charge is 0.267 e. The molecule has 1 heterocycles. The van der Waals surface area contributed by atoms with Crippen LogP contribution in [0.15, 0.2) is 75.4 Å². The van der Waals surface area contributed by atoms with Crippen LogP contribution >= 0.6 is 11.6 Å². The molecule has 7 nitrogen and oxygen atoms in total. The Morgan fingerprint density at radius 3 is 2.43 bits per heavy atom. The third kappa shape index (κ3) is 4.26. The average Bonchev–Trinajstić information content (AvgIpc) is 2.65. The summed E-state index contributed by atoms with van der Waals surface area (Å²) in [4.78, 5) is 24.0. The second-order valence-electron chi connectivity index (χ2n) is 5.65. The summed E-state index contributed by atoms with van der Waals surface area (Å²) in [6, 6.07) is 13.0. The number of rotatable bonds is 5. The third-order valence-corrected chi connectivity index (χ3v) is 5.60. The molecule has 0 saturated carbocycles. The second-order valence-corrected chi connectivity index (χ2v) is 7.99. The lowest BCUT2D eigenvalue weighted by molar-refractivity contribution is -0.117. The highest BCUT2D eigenvalue weighted by Crippen LogP contribution is 2.20. The van der Waals surface area contributed by atoms with E-state index in [-0.39, 0.29) is 10.6 Å². The van der Waals surface area contributed by atoms with Gasteiger partial charge in [-0.05, 0) is 42.5 Å². The van der Waals surface area contributed by atoms with Gasteiger partial charge >= 0.3 is 0 Å². The minimum atomic E-state index is -4.02. The van der Waals surface area contributed by atoms with E-state index in [0.717, 1.165) is 12.1 Å². The molecule has 10 heteroatoms. The van der Waals surface area contributed by atoms with Crippen LogP contribution < -0.4 is 10.9 Å². The number of nitrogens with one attached hydrogen (secondary N) is 1. The van der Waals surface area contributed by atoms with E-state index >= 15 is 0 Å². The summed E-state index contributed by atoms with van der Waals surface area (Å²) in [5.74, 6) is -1.38. The fourth-order valence-corrected chi connectivity index (χ4v) is 3.62. The predicted octanol–water partition coefficient (Wildman–Crippen LogP) is 2.51. The maximum atomic E-state index is 13.6. The van der Waals surface area contributed by atoms with Crippen molar-refractivity contribution in [3.8, 4) is 0 Å². The number of hydrogen-bond donors (Lipinski definition) is 1. The molecule has 0 unspecified atom stereocenters. The van der Waals surface area contributed by atoms with E-state index in [0.29, 0.717) is 9.70 Å². The van der Waals surface area contributed by atoms with E-state index in [1.54, 1.807) is 0 Å². The van der Waals surface area contributed by atoms with Gasteiger partial charge in [0.25, 0.3) is 5.56 Å². The van der Waals surface area contributed by atoms with Gasteiger partial charge in [-0.1, -0.05) is 23.7 Å². The van der Waals surface area contributed by atoms with Crippen LogP contribution in [0.3, 0.4) is 0 Å². The van der Waals surface area contributed by atoms with Crippen LogP contribution in [-0.2, 0) is 21.2 Å². The molecule has 0 fully saturated rings. The first-order chi connectivity index (χ1) is 13.3. The van der Waals surface area contributed by atoms with Gasteiger partial charge in [0, 0.05) is 11.1 Å². The number of sulfone groups is 1. The van der Waals surface area contributed by atoms with Gasteiger partial charge in [0.15, 0.2) is 5.03 Å². The SMILES string of the molecule is O=C(Cn1nc(S(=O)(=O)c2ccc(Cl)cc2)ccc1=O)Nc1ccccc1F. The van der Waals surface area contributed by atoms with Crippen molar-refractivity contribution in [2.45, 2.75) is 16.5 Å². The number of amides is 1. The molecule has 1 amide bonds. The zero-order valence-corrected chi connectivity index (χ0v) is 15.7. The Bertz CT molecular complexity index is 1190. The number of para-hydroxylation sites is 1. The van der Waals surface area contributed by atoms with E-state index in [9.17, 15) is 22.4 Å². The molecule has 0 aliphatic carbocycles. The monoisotopic (exact) mass is 421 g/mol. The largest absolute Gasteiger partial charge is 0.322 e. The lowest BCUT2D eigenvalue weighted by Crippen LogP contribution is -2.30. The third-order valence-electron chi connectivity index (χ3n) is 3.68. The summed E-state index contributed by atoms with van der Waals surface area (Å²) in [7, 11) is -4.02. The zero-order chi connectivity index (χ0) is 20.3. The second kappa shape index (κ2) is 7.91. The number of hydrogen-bond acceptors (Lipinski definition) is 5. The highest BCUT2D eigenvalue weighted by molar-refractivity contribution is 7.91. The summed E-state index contributed by atoms with van der Waals surface area (Å²) < 4.78 is 39.6. The van der Waals surface area contributed by atoms with Crippen LogP contribution in [0, 0.1) is 5.82 Å². The number of carbonyl (C=O) groups excluding carboxylic acids is 1. The van der Waals surface area contributed by atoms with Gasteiger partial charge in [-0.2, -0.15) is 5.10 Å². The molecule has 0 aliphatic heterocycles. The lowest BCUT2D eigenvalue weighted by atomic mass is 10.3. The minimum Gasteiger partial charge on any atom is -0.322 e. The van der Waals surface area contributed by atoms with Crippen LogP contribution in [0.2, 0.25) is 5.02 Å². The lowest BCUT2D eigenvalue weighted by Gasteiger charge is -2.09. The summed E-state index contributed by atoms with van der Waals surface area (Å²) in [5, 5.41) is 6.03. The Balaban J connectivity index is 1.87. The topological polar surface area (TPSA) is 98.1 Å². The molecular formula is C18H13ClFN3O4S. The van der Waals surface area contributed by atoms with Crippen molar-refractivity contribution < 1.29 is 17.6 Å². The van der Waals surface area contributed by atoms with Crippen LogP contribution in [0.25, 0.3) is 0 Å². The molecule has 0 aliphatic rings. The van der Waals surface area contributed by atoms with E-state index in [4.69, 9.17) is 11.6 Å². The van der Waals surface area contributed by atoms with Crippen molar-refractivity contribution in [2.75, 3.05) is 5.32 Å². The first kappa shape index (κ1) is 19.7. The molecule has 0 saturated heterocycles. The van der Waals surface area contributed by atoms with Crippen LogP contribution in [0.1, 0.15) is 0 Å². The maximum Gasteiger partial charge on any atom is 0.267 e. The van der Waals surface area contributed by atoms with Crippen molar-refractivity contribution in [3.05, 3.63) is 81.9 Å². The number of nitrogens with zero attached hydrogens (tertiary/aromatic N) is 2. The standard InChI is InChI=1S/C18H13ClFN3O4S/c19-12-5-7-13(8-6-12)28(26,27)17-9-10-18(25)23(22-17)11-16(24)21-15-4-2-1-3-14(15)20/h1-10H,11H2,(H,21,24). The molecule has 0 bridgehead atoms. The zero-order valence-electron chi connectivity index (χ0n) is 14.2. The predicted molar refractivity (Wildman–Crippen MR) is 100 cm³/mol. The number of carbonyl (C=O) groups is 1. The van der Waals surface area contributed by atoms with Gasteiger partial charge in [0.05, 0.1) is 10.6 Å². The fourth-order valence-electron chi connectivity index (χ4n) is 2.31. The molecule has 28 heavy (non-hydrogen) atoms. The van der Waals surface area contributed by atoms with E-state index in [2.05, 4.69) is 10.4 Å². The van der Waals surface area contributed by atoms with Crippen molar-refractivity contribution in [3.63, 3.8) is 0 Å². The van der Waals surface area contributed by atoms with Crippen LogP contribution in [0.5, 0.6) is 0 Å². The molecule has 3 aromatic rings. The highest BCUT2D eigenvalue weighted by atomic mass is 35.5. The van der Waals surface area contributed by atoms with Crippen molar-refractivity contribution in [2.24, 2.45) is 0 Å². The average molecular weight is 422 g/mol. The van der Waals surface area contributed by atoms with Gasteiger partial charge < -0.3 is 5.32 Å². The van der Waals surface area contributed by atoms with Crippen molar-refractivity contribution in [1.82, 2.24) is 9.78 Å².